The fourth-order valence-electron chi connectivity index (χ4n) is 4.40. The number of nitrogens with zero attached hydrogens (tertiary/aromatic N) is 4. The van der Waals surface area contributed by atoms with E-state index >= 15 is 0 Å². The van der Waals surface area contributed by atoms with E-state index in [4.69, 9.17) is 24.3 Å². The van der Waals surface area contributed by atoms with Crippen LogP contribution in [0, 0.1) is 13.8 Å². The molecule has 0 unspecified atom stereocenters. The number of fused-ring (bicyclic) bond motifs is 1. The minimum atomic E-state index is -0.00533. The molecule has 2 aromatic heterocycles. The van der Waals surface area contributed by atoms with E-state index in [0.29, 0.717) is 17.2 Å². The van der Waals surface area contributed by atoms with Gasteiger partial charge in [0.1, 0.15) is 0 Å². The van der Waals surface area contributed by atoms with Crippen molar-refractivity contribution in [3.8, 4) is 28.5 Å². The van der Waals surface area contributed by atoms with Crippen LogP contribution in [-0.2, 0) is 4.79 Å². The minimum absolute atomic E-state index is 0.00533. The van der Waals surface area contributed by atoms with E-state index in [1.165, 1.54) is 0 Å². The summed E-state index contributed by atoms with van der Waals surface area (Å²) in [4.78, 5) is 18.6. The van der Waals surface area contributed by atoms with Crippen LogP contribution in [-0.4, -0.2) is 61.0 Å². The maximum atomic E-state index is 11.5. The van der Waals surface area contributed by atoms with Crippen molar-refractivity contribution in [3.63, 3.8) is 0 Å². The van der Waals surface area contributed by atoms with Gasteiger partial charge in [-0.25, -0.2) is 9.50 Å². The van der Waals surface area contributed by atoms with Gasteiger partial charge in [0.25, 0.3) is 0 Å². The smallest absolute Gasteiger partial charge is 0.217 e. The number of carbonyl (C=O) groups excluding carboxylic acids is 1. The highest BCUT2D eigenvalue weighted by Crippen LogP contribution is 2.42. The van der Waals surface area contributed by atoms with Crippen LogP contribution in [0.1, 0.15) is 24.7 Å². The Morgan fingerprint density at radius 2 is 1.78 bits per heavy atom. The largest absolute Gasteiger partial charge is 0.493 e. The molecule has 1 atom stereocenters. The third kappa shape index (κ3) is 3.79. The summed E-state index contributed by atoms with van der Waals surface area (Å²) in [6.07, 6.45) is 0.895. The van der Waals surface area contributed by atoms with Crippen molar-refractivity contribution in [1.29, 1.82) is 0 Å². The topological polar surface area (TPSA) is 90.2 Å². The zero-order chi connectivity index (χ0) is 23.0. The molecule has 4 rings (SSSR count). The van der Waals surface area contributed by atoms with Crippen molar-refractivity contribution in [2.24, 2.45) is 0 Å². The number of benzene rings is 1. The molecule has 1 saturated heterocycles. The maximum Gasteiger partial charge on any atom is 0.217 e. The van der Waals surface area contributed by atoms with Crippen LogP contribution in [0.15, 0.2) is 18.2 Å². The lowest BCUT2D eigenvalue weighted by atomic mass is 10.1. The quantitative estimate of drug-likeness (QED) is 0.632. The number of ether oxygens (including phenoxy) is 3. The SMILES string of the molecule is COc1cc(-c2c(C)nc3c(N4CC[C@@H](NC(C)=O)C4)cc(C)nn23)cc(OC)c1OC. The van der Waals surface area contributed by atoms with Gasteiger partial charge in [-0.15, -0.1) is 0 Å². The first-order valence-corrected chi connectivity index (χ1v) is 10.6. The van der Waals surface area contributed by atoms with Gasteiger partial charge in [-0.1, -0.05) is 0 Å². The van der Waals surface area contributed by atoms with Crippen LogP contribution in [0.5, 0.6) is 17.2 Å². The number of hydrogen-bond donors (Lipinski definition) is 1. The molecule has 170 valence electrons. The molecule has 1 aliphatic rings. The van der Waals surface area contributed by atoms with E-state index in [-0.39, 0.29) is 11.9 Å². The van der Waals surface area contributed by atoms with Crippen LogP contribution in [0.2, 0.25) is 0 Å². The Labute approximate surface area is 187 Å². The molecule has 1 amide bonds. The Balaban J connectivity index is 1.84. The zero-order valence-corrected chi connectivity index (χ0v) is 19.4. The van der Waals surface area contributed by atoms with Crippen molar-refractivity contribution in [2.45, 2.75) is 33.2 Å². The summed E-state index contributed by atoms with van der Waals surface area (Å²) in [6, 6.07) is 6.00. The number of anilines is 1. The number of rotatable bonds is 6. The molecule has 32 heavy (non-hydrogen) atoms. The Bertz CT molecular complexity index is 1150. The van der Waals surface area contributed by atoms with Gasteiger partial charge < -0.3 is 24.4 Å². The highest BCUT2D eigenvalue weighted by molar-refractivity contribution is 5.78. The standard InChI is InChI=1S/C23H29N5O4/c1-13-9-18(27-8-7-17(12-27)25-15(3)29)23-24-14(2)21(28(23)26-13)16-10-19(30-4)22(32-6)20(11-16)31-5/h9-11,17H,7-8,12H2,1-6H3,(H,25,29)/t17-/m1/s1. The van der Waals surface area contributed by atoms with Gasteiger partial charge in [-0.2, -0.15) is 5.10 Å². The summed E-state index contributed by atoms with van der Waals surface area (Å²) in [5.41, 5.74) is 5.23. The van der Waals surface area contributed by atoms with Gasteiger partial charge in [-0.05, 0) is 38.5 Å². The highest BCUT2D eigenvalue weighted by atomic mass is 16.5. The number of carbonyl (C=O) groups is 1. The lowest BCUT2D eigenvalue weighted by Gasteiger charge is -2.20. The first kappa shape index (κ1) is 21.7. The monoisotopic (exact) mass is 439 g/mol. The molecule has 1 aliphatic heterocycles. The molecule has 0 spiro atoms. The lowest BCUT2D eigenvalue weighted by Crippen LogP contribution is -2.35. The Hall–Kier alpha value is -3.49. The second kappa shape index (κ2) is 8.57. The van der Waals surface area contributed by atoms with E-state index in [9.17, 15) is 4.79 Å². The Kier molecular flexibility index (Phi) is 5.82. The number of aromatic nitrogens is 3. The second-order valence-corrected chi connectivity index (χ2v) is 8.00. The van der Waals surface area contributed by atoms with E-state index < -0.39 is 0 Å². The summed E-state index contributed by atoms with van der Waals surface area (Å²) < 4.78 is 18.4. The predicted molar refractivity (Wildman–Crippen MR) is 122 cm³/mol. The molecular weight excluding hydrogens is 410 g/mol. The average Bonchev–Trinajstić information content (AvgIpc) is 3.35. The number of methoxy groups -OCH3 is 3. The van der Waals surface area contributed by atoms with Gasteiger partial charge in [-0.3, -0.25) is 4.79 Å². The van der Waals surface area contributed by atoms with Gasteiger partial charge in [0.2, 0.25) is 11.7 Å². The van der Waals surface area contributed by atoms with Crippen LogP contribution in [0.25, 0.3) is 16.9 Å². The number of imidazole rings is 1. The van der Waals surface area contributed by atoms with Crippen molar-refractivity contribution in [1.82, 2.24) is 19.9 Å². The molecule has 3 aromatic rings. The molecule has 0 aliphatic carbocycles. The van der Waals surface area contributed by atoms with Crippen LogP contribution >= 0.6 is 0 Å². The van der Waals surface area contributed by atoms with Gasteiger partial charge >= 0.3 is 0 Å². The Morgan fingerprint density at radius 1 is 1.09 bits per heavy atom. The van der Waals surface area contributed by atoms with Crippen molar-refractivity contribution in [3.05, 3.63) is 29.6 Å². The van der Waals surface area contributed by atoms with E-state index in [1.807, 2.05) is 30.5 Å². The minimum Gasteiger partial charge on any atom is -0.493 e. The number of hydrogen-bond acceptors (Lipinski definition) is 7. The van der Waals surface area contributed by atoms with Gasteiger partial charge in [0.05, 0.1) is 44.1 Å². The van der Waals surface area contributed by atoms with Crippen molar-refractivity contribution in [2.75, 3.05) is 39.3 Å². The third-order valence-electron chi connectivity index (χ3n) is 5.74. The fraction of sp³-hybridized carbons (Fsp3) is 0.435. The number of aryl methyl sites for hydroxylation is 2. The molecule has 1 aromatic carbocycles. The summed E-state index contributed by atoms with van der Waals surface area (Å²) >= 11 is 0. The molecule has 3 heterocycles. The number of amides is 1. The number of nitrogens with one attached hydrogen (secondary N) is 1. The molecule has 1 N–H and O–H groups in total. The van der Waals surface area contributed by atoms with Crippen LogP contribution in [0.4, 0.5) is 5.69 Å². The van der Waals surface area contributed by atoms with E-state index in [1.54, 1.807) is 28.3 Å². The second-order valence-electron chi connectivity index (χ2n) is 8.00. The molecule has 1 fully saturated rings. The summed E-state index contributed by atoms with van der Waals surface area (Å²) in [7, 11) is 4.78. The Morgan fingerprint density at radius 3 is 2.38 bits per heavy atom. The summed E-state index contributed by atoms with van der Waals surface area (Å²) in [5, 5.41) is 7.79. The molecular formula is C23H29N5O4. The van der Waals surface area contributed by atoms with Gasteiger partial charge in [0, 0.05) is 31.6 Å². The summed E-state index contributed by atoms with van der Waals surface area (Å²) in [5.74, 6) is 1.67. The van der Waals surface area contributed by atoms with E-state index in [2.05, 4.69) is 16.3 Å². The first-order chi connectivity index (χ1) is 15.4. The molecule has 9 nitrogen and oxygen atoms in total. The summed E-state index contributed by atoms with van der Waals surface area (Å²) in [6.45, 7) is 7.08. The van der Waals surface area contributed by atoms with Crippen LogP contribution < -0.4 is 24.4 Å². The normalized spacial score (nSPS) is 15.8. The van der Waals surface area contributed by atoms with Gasteiger partial charge in [0.15, 0.2) is 17.1 Å². The molecule has 9 heteroatoms. The predicted octanol–water partition coefficient (Wildman–Crippen LogP) is 2.75. The van der Waals surface area contributed by atoms with Crippen LogP contribution in [0.3, 0.4) is 0 Å². The first-order valence-electron chi connectivity index (χ1n) is 10.6. The lowest BCUT2D eigenvalue weighted by molar-refractivity contribution is -0.119. The third-order valence-corrected chi connectivity index (χ3v) is 5.74. The maximum absolute atomic E-state index is 11.5. The molecule has 0 bridgehead atoms. The zero-order valence-electron chi connectivity index (χ0n) is 19.4. The van der Waals surface area contributed by atoms with E-state index in [0.717, 1.165) is 53.5 Å². The highest BCUT2D eigenvalue weighted by Gasteiger charge is 2.27. The van der Waals surface area contributed by atoms with Crippen molar-refractivity contribution >= 4 is 17.2 Å². The van der Waals surface area contributed by atoms with Crippen molar-refractivity contribution < 1.29 is 19.0 Å². The fourth-order valence-corrected chi connectivity index (χ4v) is 4.40. The molecule has 0 radical (unpaired) electrons. The average molecular weight is 440 g/mol. The molecule has 0 saturated carbocycles.